The molecule has 0 bridgehead atoms. The molecule has 0 heterocycles. The van der Waals surface area contributed by atoms with Gasteiger partial charge in [-0.3, -0.25) is 4.21 Å². The minimum Gasteiger partial charge on any atom is -0.307 e. The number of hydrogen-bond acceptors (Lipinski definition) is 2. The molecule has 2 aromatic carbocycles. The van der Waals surface area contributed by atoms with E-state index >= 15 is 0 Å². The number of hydrogen-bond donors (Lipinski definition) is 1. The molecule has 22 heavy (non-hydrogen) atoms. The topological polar surface area (TPSA) is 29.1 Å². The van der Waals surface area contributed by atoms with Gasteiger partial charge in [-0.25, -0.2) is 0 Å². The summed E-state index contributed by atoms with van der Waals surface area (Å²) in [5, 5.41) is 3.73. The molecule has 0 aliphatic heterocycles. The molecule has 0 saturated carbocycles. The van der Waals surface area contributed by atoms with Gasteiger partial charge in [-0.1, -0.05) is 36.4 Å². The largest absolute Gasteiger partial charge is 0.307 e. The predicted molar refractivity (Wildman–Crippen MR) is 92.5 cm³/mol. The highest BCUT2D eigenvalue weighted by Crippen LogP contribution is 2.28. The number of aryl methyl sites for hydroxylation is 1. The van der Waals surface area contributed by atoms with E-state index in [4.69, 9.17) is 0 Å². The maximum absolute atomic E-state index is 11.4. The predicted octanol–water partition coefficient (Wildman–Crippen LogP) is 3.46. The fraction of sp³-hybridized carbons (Fsp3) is 0.368. The number of benzene rings is 2. The maximum atomic E-state index is 11.4. The Labute approximate surface area is 135 Å². The van der Waals surface area contributed by atoms with Gasteiger partial charge in [-0.15, -0.1) is 0 Å². The van der Waals surface area contributed by atoms with Crippen LogP contribution >= 0.6 is 0 Å². The van der Waals surface area contributed by atoms with E-state index in [0.717, 1.165) is 24.3 Å². The molecule has 3 rings (SSSR count). The molecule has 0 fully saturated rings. The summed E-state index contributed by atoms with van der Waals surface area (Å²) in [6.07, 6.45) is 5.11. The molecular formula is C19H23NOS. The zero-order valence-electron chi connectivity index (χ0n) is 13.3. The van der Waals surface area contributed by atoms with Crippen LogP contribution in [0, 0.1) is 0 Å². The first kappa shape index (κ1) is 15.4. The summed E-state index contributed by atoms with van der Waals surface area (Å²) in [6.45, 7) is 3.17. The fourth-order valence-electron chi connectivity index (χ4n) is 3.16. The molecule has 1 N–H and O–H groups in total. The average Bonchev–Trinajstić information content (AvgIpc) is 2.53. The second-order valence-corrected chi connectivity index (χ2v) is 7.84. The molecule has 2 aromatic rings. The van der Waals surface area contributed by atoms with E-state index in [1.54, 1.807) is 6.26 Å². The summed E-state index contributed by atoms with van der Waals surface area (Å²) in [5.41, 5.74) is 4.37. The Morgan fingerprint density at radius 2 is 1.77 bits per heavy atom. The fourth-order valence-corrected chi connectivity index (χ4v) is 3.68. The van der Waals surface area contributed by atoms with Crippen LogP contribution in [0.25, 0.3) is 0 Å². The van der Waals surface area contributed by atoms with Crippen LogP contribution in [0.5, 0.6) is 0 Å². The van der Waals surface area contributed by atoms with Crippen molar-refractivity contribution in [2.75, 3.05) is 6.26 Å². The van der Waals surface area contributed by atoms with Gasteiger partial charge in [-0.2, -0.15) is 0 Å². The maximum Gasteiger partial charge on any atom is 0.0498 e. The lowest BCUT2D eigenvalue weighted by Crippen LogP contribution is -2.46. The normalized spacial score (nSPS) is 22.1. The van der Waals surface area contributed by atoms with Gasteiger partial charge in [-0.05, 0) is 55.0 Å². The SMILES string of the molecule is C[S@](=O)c1ccc(CN[C@@]2(C)CCc3ccccc3C2)cc1. The lowest BCUT2D eigenvalue weighted by molar-refractivity contribution is 0.311. The molecule has 2 nitrogen and oxygen atoms in total. The van der Waals surface area contributed by atoms with Crippen molar-refractivity contribution >= 4 is 10.8 Å². The van der Waals surface area contributed by atoms with Crippen LogP contribution in [0.1, 0.15) is 30.0 Å². The second kappa shape index (κ2) is 6.35. The van der Waals surface area contributed by atoms with E-state index in [9.17, 15) is 4.21 Å². The van der Waals surface area contributed by atoms with E-state index in [0.29, 0.717) is 0 Å². The molecule has 0 radical (unpaired) electrons. The second-order valence-electron chi connectivity index (χ2n) is 6.46. The van der Waals surface area contributed by atoms with E-state index in [-0.39, 0.29) is 5.54 Å². The van der Waals surface area contributed by atoms with E-state index in [1.807, 2.05) is 12.1 Å². The number of rotatable bonds is 4. The highest BCUT2D eigenvalue weighted by atomic mass is 32.2. The summed E-state index contributed by atoms with van der Waals surface area (Å²) < 4.78 is 11.4. The summed E-state index contributed by atoms with van der Waals surface area (Å²) in [7, 11) is -0.899. The van der Waals surface area contributed by atoms with Gasteiger partial charge in [0.1, 0.15) is 0 Å². The molecule has 3 heteroatoms. The van der Waals surface area contributed by atoms with Gasteiger partial charge < -0.3 is 5.32 Å². The Hall–Kier alpha value is -1.45. The van der Waals surface area contributed by atoms with E-state index in [1.165, 1.54) is 23.1 Å². The molecule has 116 valence electrons. The van der Waals surface area contributed by atoms with Crippen LogP contribution in [0.3, 0.4) is 0 Å². The lowest BCUT2D eigenvalue weighted by Gasteiger charge is -2.36. The molecule has 0 aromatic heterocycles. The van der Waals surface area contributed by atoms with Gasteiger partial charge in [0.05, 0.1) is 0 Å². The Morgan fingerprint density at radius 3 is 2.45 bits per heavy atom. The standard InChI is InChI=1S/C19H23NOS/c1-19(12-11-16-5-3-4-6-17(16)13-19)20-14-15-7-9-18(10-8-15)22(2)21/h3-10,20H,11-14H2,1-2H3/t19-,22-/m0/s1. The zero-order valence-corrected chi connectivity index (χ0v) is 14.1. The smallest absolute Gasteiger partial charge is 0.0498 e. The third-order valence-corrected chi connectivity index (χ3v) is 5.56. The van der Waals surface area contributed by atoms with Crippen LogP contribution in [-0.4, -0.2) is 16.0 Å². The van der Waals surface area contributed by atoms with E-state index < -0.39 is 10.8 Å². The Bertz CT molecular complexity index is 680. The van der Waals surface area contributed by atoms with Crippen LogP contribution in [0.2, 0.25) is 0 Å². The van der Waals surface area contributed by atoms with Gasteiger partial charge in [0, 0.05) is 34.0 Å². The van der Waals surface area contributed by atoms with Crippen molar-refractivity contribution in [2.24, 2.45) is 0 Å². The first-order valence-corrected chi connectivity index (χ1v) is 9.36. The van der Waals surface area contributed by atoms with Gasteiger partial charge in [0.15, 0.2) is 0 Å². The number of nitrogens with one attached hydrogen (secondary N) is 1. The van der Waals surface area contributed by atoms with Gasteiger partial charge in [0.25, 0.3) is 0 Å². The third-order valence-electron chi connectivity index (χ3n) is 4.62. The molecule has 0 unspecified atom stereocenters. The van der Waals surface area contributed by atoms with Crippen LogP contribution in [0.4, 0.5) is 0 Å². The summed E-state index contributed by atoms with van der Waals surface area (Å²) in [5.74, 6) is 0. The van der Waals surface area contributed by atoms with Crippen molar-refractivity contribution in [2.45, 2.75) is 43.2 Å². The minimum atomic E-state index is -0.899. The number of fused-ring (bicyclic) bond motifs is 1. The first-order chi connectivity index (χ1) is 10.6. The van der Waals surface area contributed by atoms with Gasteiger partial charge in [0.2, 0.25) is 0 Å². The molecule has 2 atom stereocenters. The first-order valence-electron chi connectivity index (χ1n) is 7.80. The third kappa shape index (κ3) is 3.47. The molecule has 0 amide bonds. The summed E-state index contributed by atoms with van der Waals surface area (Å²) >= 11 is 0. The van der Waals surface area contributed by atoms with Crippen LogP contribution in [0.15, 0.2) is 53.4 Å². The van der Waals surface area contributed by atoms with E-state index in [2.05, 4.69) is 48.6 Å². The Balaban J connectivity index is 1.65. The van der Waals surface area contributed by atoms with Crippen molar-refractivity contribution in [3.8, 4) is 0 Å². The average molecular weight is 313 g/mol. The van der Waals surface area contributed by atoms with Crippen molar-refractivity contribution in [3.05, 3.63) is 65.2 Å². The Morgan fingerprint density at radius 1 is 1.09 bits per heavy atom. The monoisotopic (exact) mass is 313 g/mol. The molecule has 1 aliphatic carbocycles. The lowest BCUT2D eigenvalue weighted by atomic mass is 9.79. The van der Waals surface area contributed by atoms with Crippen molar-refractivity contribution < 1.29 is 4.21 Å². The summed E-state index contributed by atoms with van der Waals surface area (Å²) in [4.78, 5) is 0.890. The molecule has 0 saturated heterocycles. The quantitative estimate of drug-likeness (QED) is 0.936. The van der Waals surface area contributed by atoms with Crippen LogP contribution < -0.4 is 5.32 Å². The molecule has 1 aliphatic rings. The van der Waals surface area contributed by atoms with Crippen LogP contribution in [-0.2, 0) is 30.2 Å². The van der Waals surface area contributed by atoms with Gasteiger partial charge >= 0.3 is 0 Å². The van der Waals surface area contributed by atoms with Crippen molar-refractivity contribution in [3.63, 3.8) is 0 Å². The van der Waals surface area contributed by atoms with Crippen molar-refractivity contribution in [1.29, 1.82) is 0 Å². The Kier molecular flexibility index (Phi) is 4.46. The molecular weight excluding hydrogens is 290 g/mol. The van der Waals surface area contributed by atoms with Crippen molar-refractivity contribution in [1.82, 2.24) is 5.32 Å². The highest BCUT2D eigenvalue weighted by molar-refractivity contribution is 7.84. The molecule has 0 spiro atoms. The minimum absolute atomic E-state index is 0.153. The zero-order chi connectivity index (χ0) is 15.6. The summed E-state index contributed by atoms with van der Waals surface area (Å²) in [6, 6.07) is 16.8. The highest BCUT2D eigenvalue weighted by Gasteiger charge is 2.28.